The number of fused-ring (bicyclic) bond motifs is 1. The third-order valence-corrected chi connectivity index (χ3v) is 7.04. The molecule has 29 heavy (non-hydrogen) atoms. The van der Waals surface area contributed by atoms with E-state index in [1.807, 2.05) is 16.8 Å². The lowest BCUT2D eigenvalue weighted by Crippen LogP contribution is -2.35. The molecule has 0 radical (unpaired) electrons. The van der Waals surface area contributed by atoms with Crippen molar-refractivity contribution in [1.29, 1.82) is 0 Å². The second-order valence-electron chi connectivity index (χ2n) is 8.73. The Morgan fingerprint density at radius 3 is 2.83 bits per heavy atom. The van der Waals surface area contributed by atoms with Gasteiger partial charge in [-0.3, -0.25) is 0 Å². The van der Waals surface area contributed by atoms with Gasteiger partial charge in [0, 0.05) is 34.0 Å². The third-order valence-electron chi connectivity index (χ3n) is 5.34. The van der Waals surface area contributed by atoms with Crippen LogP contribution in [-0.2, 0) is 11.5 Å². The van der Waals surface area contributed by atoms with Crippen LogP contribution in [0.5, 0.6) is 0 Å². The fourth-order valence-corrected chi connectivity index (χ4v) is 4.24. The van der Waals surface area contributed by atoms with E-state index in [0.29, 0.717) is 19.0 Å². The van der Waals surface area contributed by atoms with Crippen LogP contribution in [0.2, 0.25) is 25.7 Å². The maximum atomic E-state index is 9.58. The summed E-state index contributed by atoms with van der Waals surface area (Å²) in [4.78, 5) is 11.2. The Balaban J connectivity index is 1.78. The standard InChI is InChI=1S/C20H32N6O2Si/c1-15-5-7-25(11-17(15)18(12-27)24-21)19-16-6-8-26(20(16)23-13-22-19)14-28-9-10-29(2,3)4/h6,8,13,27H,5,7,9-12,14,21H2,1-4H3/b24-18-. The minimum absolute atomic E-state index is 0.165. The fourth-order valence-electron chi connectivity index (χ4n) is 3.48. The van der Waals surface area contributed by atoms with Crippen LogP contribution in [0.1, 0.15) is 13.3 Å². The number of hydrogen-bond acceptors (Lipinski definition) is 7. The number of aromatic nitrogens is 3. The molecule has 0 fully saturated rings. The molecule has 1 aliphatic heterocycles. The van der Waals surface area contributed by atoms with Gasteiger partial charge in [-0.1, -0.05) is 25.2 Å². The minimum atomic E-state index is -1.10. The van der Waals surface area contributed by atoms with Gasteiger partial charge in [-0.05, 0) is 31.0 Å². The van der Waals surface area contributed by atoms with Crippen molar-refractivity contribution in [3.8, 4) is 0 Å². The maximum absolute atomic E-state index is 9.58. The van der Waals surface area contributed by atoms with Crippen molar-refractivity contribution in [2.75, 3.05) is 31.2 Å². The Bertz CT molecular complexity index is 915. The molecule has 2 aromatic rings. The predicted molar refractivity (Wildman–Crippen MR) is 120 cm³/mol. The quantitative estimate of drug-likeness (QED) is 0.225. The molecule has 0 atom stereocenters. The van der Waals surface area contributed by atoms with Crippen molar-refractivity contribution < 1.29 is 9.84 Å². The summed E-state index contributed by atoms with van der Waals surface area (Å²) in [5.74, 6) is 6.36. The molecule has 158 valence electrons. The van der Waals surface area contributed by atoms with Gasteiger partial charge in [0.25, 0.3) is 0 Å². The average Bonchev–Trinajstić information content (AvgIpc) is 3.10. The molecule has 0 aromatic carbocycles. The first-order valence-corrected chi connectivity index (χ1v) is 13.7. The molecule has 0 unspecified atom stereocenters. The van der Waals surface area contributed by atoms with Crippen molar-refractivity contribution in [3.63, 3.8) is 0 Å². The minimum Gasteiger partial charge on any atom is -0.390 e. The Kier molecular flexibility index (Phi) is 6.71. The van der Waals surface area contributed by atoms with Gasteiger partial charge >= 0.3 is 0 Å². The van der Waals surface area contributed by atoms with E-state index in [9.17, 15) is 5.11 Å². The average molecular weight is 417 g/mol. The molecule has 0 bridgehead atoms. The van der Waals surface area contributed by atoms with Crippen molar-refractivity contribution in [2.45, 2.75) is 45.8 Å². The molecule has 9 heteroatoms. The summed E-state index contributed by atoms with van der Waals surface area (Å²) in [6, 6.07) is 3.19. The van der Waals surface area contributed by atoms with E-state index >= 15 is 0 Å². The van der Waals surface area contributed by atoms with Crippen LogP contribution in [0.4, 0.5) is 5.82 Å². The number of aliphatic hydroxyl groups is 1. The predicted octanol–water partition coefficient (Wildman–Crippen LogP) is 2.58. The molecule has 3 rings (SSSR count). The molecular formula is C20H32N6O2Si. The molecule has 0 saturated heterocycles. The lowest BCUT2D eigenvalue weighted by atomic mass is 9.97. The molecule has 2 aromatic heterocycles. The van der Waals surface area contributed by atoms with E-state index in [1.165, 1.54) is 5.57 Å². The SMILES string of the molecule is CC1=C(/C(CO)=N\N)CN(c2ncnc3c2ccn3COCC[Si](C)(C)C)CC1. The normalized spacial score (nSPS) is 16.2. The molecule has 0 saturated carbocycles. The summed E-state index contributed by atoms with van der Waals surface area (Å²) in [5.41, 5.74) is 3.59. The zero-order valence-corrected chi connectivity index (χ0v) is 18.9. The zero-order valence-electron chi connectivity index (χ0n) is 17.9. The van der Waals surface area contributed by atoms with Gasteiger partial charge in [0.1, 0.15) is 24.5 Å². The summed E-state index contributed by atoms with van der Waals surface area (Å²) in [6.07, 6.45) is 4.48. The molecule has 0 spiro atoms. The number of nitrogens with two attached hydrogens (primary N) is 1. The molecule has 1 aliphatic rings. The van der Waals surface area contributed by atoms with Crippen LogP contribution in [0, 0.1) is 0 Å². The summed E-state index contributed by atoms with van der Waals surface area (Å²) in [6.45, 7) is 11.7. The Hall–Kier alpha value is -2.23. The first-order chi connectivity index (χ1) is 13.8. The van der Waals surface area contributed by atoms with Gasteiger partial charge in [0.05, 0.1) is 17.7 Å². The lowest BCUT2D eigenvalue weighted by Gasteiger charge is -2.31. The van der Waals surface area contributed by atoms with E-state index < -0.39 is 8.07 Å². The van der Waals surface area contributed by atoms with Crippen LogP contribution >= 0.6 is 0 Å². The van der Waals surface area contributed by atoms with Gasteiger partial charge in [0.15, 0.2) is 0 Å². The van der Waals surface area contributed by atoms with Gasteiger partial charge in [-0.25, -0.2) is 9.97 Å². The largest absolute Gasteiger partial charge is 0.390 e. The molecule has 0 aliphatic carbocycles. The smallest absolute Gasteiger partial charge is 0.147 e. The van der Waals surface area contributed by atoms with Crippen LogP contribution in [0.15, 0.2) is 34.8 Å². The number of aliphatic hydroxyl groups excluding tert-OH is 1. The van der Waals surface area contributed by atoms with E-state index in [0.717, 1.165) is 48.0 Å². The molecule has 8 nitrogen and oxygen atoms in total. The van der Waals surface area contributed by atoms with Crippen LogP contribution in [-0.4, -0.2) is 59.7 Å². The summed E-state index contributed by atoms with van der Waals surface area (Å²) < 4.78 is 7.92. The Morgan fingerprint density at radius 1 is 1.34 bits per heavy atom. The molecular weight excluding hydrogens is 384 g/mol. The second kappa shape index (κ2) is 9.06. The highest BCUT2D eigenvalue weighted by atomic mass is 28.3. The van der Waals surface area contributed by atoms with Gasteiger partial charge in [0.2, 0.25) is 0 Å². The highest BCUT2D eigenvalue weighted by Gasteiger charge is 2.23. The Morgan fingerprint density at radius 2 is 2.14 bits per heavy atom. The number of hydrazone groups is 1. The summed E-state index contributed by atoms with van der Waals surface area (Å²) in [5, 5.41) is 14.3. The maximum Gasteiger partial charge on any atom is 0.147 e. The van der Waals surface area contributed by atoms with Gasteiger partial charge < -0.3 is 25.2 Å². The topological polar surface area (TPSA) is 102 Å². The highest BCUT2D eigenvalue weighted by molar-refractivity contribution is 6.76. The summed E-state index contributed by atoms with van der Waals surface area (Å²) in [7, 11) is -1.10. The number of anilines is 1. The van der Waals surface area contributed by atoms with E-state index in [1.54, 1.807) is 6.33 Å². The lowest BCUT2D eigenvalue weighted by molar-refractivity contribution is 0.0899. The molecule has 3 heterocycles. The molecule has 0 amide bonds. The van der Waals surface area contributed by atoms with Crippen LogP contribution in [0.3, 0.4) is 0 Å². The first kappa shape index (κ1) is 21.5. The fraction of sp³-hybridized carbons (Fsp3) is 0.550. The van der Waals surface area contributed by atoms with E-state index in [4.69, 9.17) is 10.6 Å². The van der Waals surface area contributed by atoms with Gasteiger partial charge in [-0.2, -0.15) is 5.10 Å². The van der Waals surface area contributed by atoms with Crippen molar-refractivity contribution in [2.24, 2.45) is 10.9 Å². The van der Waals surface area contributed by atoms with Crippen molar-refractivity contribution in [1.82, 2.24) is 14.5 Å². The number of nitrogens with zero attached hydrogens (tertiary/aromatic N) is 5. The first-order valence-electron chi connectivity index (χ1n) is 10.0. The number of rotatable bonds is 8. The molecule has 3 N–H and O–H groups in total. The van der Waals surface area contributed by atoms with E-state index in [2.05, 4.69) is 46.5 Å². The monoisotopic (exact) mass is 416 g/mol. The number of hydrogen-bond donors (Lipinski definition) is 2. The summed E-state index contributed by atoms with van der Waals surface area (Å²) >= 11 is 0. The zero-order chi connectivity index (χ0) is 21.0. The van der Waals surface area contributed by atoms with Crippen molar-refractivity contribution in [3.05, 3.63) is 29.7 Å². The van der Waals surface area contributed by atoms with E-state index in [-0.39, 0.29) is 6.61 Å². The number of ether oxygens (including phenoxy) is 1. The highest BCUT2D eigenvalue weighted by Crippen LogP contribution is 2.28. The second-order valence-corrected chi connectivity index (χ2v) is 14.4. The van der Waals surface area contributed by atoms with Crippen LogP contribution in [0.25, 0.3) is 11.0 Å². The van der Waals surface area contributed by atoms with Crippen molar-refractivity contribution >= 4 is 30.6 Å². The Labute approximate surface area is 173 Å². The van der Waals surface area contributed by atoms with Crippen LogP contribution < -0.4 is 10.7 Å². The van der Waals surface area contributed by atoms with Gasteiger partial charge in [-0.15, -0.1) is 0 Å². The third kappa shape index (κ3) is 5.03.